The highest BCUT2D eigenvalue weighted by molar-refractivity contribution is 6.07. The molecular formula is C15H27N3O. The Hall–Kier alpha value is -1.06. The number of nitrogens with one attached hydrogen (secondary N) is 2. The van der Waals surface area contributed by atoms with E-state index in [-0.39, 0.29) is 16.9 Å². The Labute approximate surface area is 116 Å². The lowest BCUT2D eigenvalue weighted by atomic mass is 9.64. The van der Waals surface area contributed by atoms with Crippen molar-refractivity contribution in [2.75, 3.05) is 0 Å². The summed E-state index contributed by atoms with van der Waals surface area (Å²) in [6.07, 6.45) is 2.86. The van der Waals surface area contributed by atoms with Crippen molar-refractivity contribution in [1.82, 2.24) is 10.6 Å². The fourth-order valence-electron chi connectivity index (χ4n) is 3.72. The van der Waals surface area contributed by atoms with Crippen LogP contribution in [0.5, 0.6) is 0 Å². The molecule has 0 saturated heterocycles. The minimum absolute atomic E-state index is 0.0684. The predicted molar refractivity (Wildman–Crippen MR) is 78.0 cm³/mol. The first-order chi connectivity index (χ1) is 8.51. The third-order valence-electron chi connectivity index (χ3n) is 3.83. The average molecular weight is 265 g/mol. The van der Waals surface area contributed by atoms with Crippen LogP contribution in [0.3, 0.4) is 0 Å². The van der Waals surface area contributed by atoms with Gasteiger partial charge in [-0.05, 0) is 51.4 Å². The van der Waals surface area contributed by atoms with Crippen LogP contribution in [0.1, 0.15) is 60.8 Å². The second kappa shape index (κ2) is 4.22. The Kier molecular flexibility index (Phi) is 3.19. The van der Waals surface area contributed by atoms with E-state index in [1.165, 1.54) is 6.42 Å². The summed E-state index contributed by atoms with van der Waals surface area (Å²) in [6.45, 7) is 12.9. The van der Waals surface area contributed by atoms with Crippen molar-refractivity contribution in [2.24, 2.45) is 16.3 Å². The lowest BCUT2D eigenvalue weighted by Crippen LogP contribution is -2.49. The van der Waals surface area contributed by atoms with Crippen molar-refractivity contribution >= 4 is 11.9 Å². The molecule has 2 atom stereocenters. The summed E-state index contributed by atoms with van der Waals surface area (Å²) < 4.78 is 0. The largest absolute Gasteiger partial charge is 0.351 e. The molecule has 108 valence electrons. The second-order valence-electron chi connectivity index (χ2n) is 8.18. The molecular weight excluding hydrogens is 238 g/mol. The Morgan fingerprint density at radius 1 is 1.32 bits per heavy atom. The average Bonchev–Trinajstić information content (AvgIpc) is 2.34. The maximum absolute atomic E-state index is 12.4. The van der Waals surface area contributed by atoms with E-state index in [1.54, 1.807) is 0 Å². The topological polar surface area (TPSA) is 53.5 Å². The molecule has 2 aliphatic rings. The molecule has 0 radical (unpaired) electrons. The van der Waals surface area contributed by atoms with Crippen LogP contribution in [0.15, 0.2) is 4.99 Å². The third kappa shape index (κ3) is 3.10. The highest BCUT2D eigenvalue weighted by Gasteiger charge is 2.51. The first-order valence-electron chi connectivity index (χ1n) is 7.21. The Bertz CT molecular complexity index is 420. The molecule has 1 heterocycles. The minimum Gasteiger partial charge on any atom is -0.351 e. The monoisotopic (exact) mass is 265 g/mol. The highest BCUT2D eigenvalue weighted by Crippen LogP contribution is 2.46. The molecule has 19 heavy (non-hydrogen) atoms. The summed E-state index contributed by atoms with van der Waals surface area (Å²) in [4.78, 5) is 17.2. The van der Waals surface area contributed by atoms with Crippen molar-refractivity contribution in [3.8, 4) is 0 Å². The van der Waals surface area contributed by atoms with Gasteiger partial charge in [0.25, 0.3) is 5.91 Å². The van der Waals surface area contributed by atoms with E-state index >= 15 is 0 Å². The zero-order valence-corrected chi connectivity index (χ0v) is 13.1. The van der Waals surface area contributed by atoms with Crippen molar-refractivity contribution in [1.29, 1.82) is 0 Å². The molecule has 1 aliphatic heterocycles. The minimum atomic E-state index is -0.547. The number of aliphatic imine (C=N–C) groups is 1. The molecule has 2 unspecified atom stereocenters. The van der Waals surface area contributed by atoms with E-state index in [1.807, 2.05) is 0 Å². The summed E-state index contributed by atoms with van der Waals surface area (Å²) >= 11 is 0. The first-order valence-corrected chi connectivity index (χ1v) is 7.21. The van der Waals surface area contributed by atoms with Gasteiger partial charge in [-0.3, -0.25) is 10.1 Å². The first kappa shape index (κ1) is 14.4. The lowest BCUT2D eigenvalue weighted by Gasteiger charge is -2.42. The van der Waals surface area contributed by atoms with Crippen molar-refractivity contribution < 1.29 is 4.79 Å². The number of carbonyl (C=O) groups excluding carboxylic acids is 1. The second-order valence-corrected chi connectivity index (χ2v) is 8.18. The van der Waals surface area contributed by atoms with E-state index in [4.69, 9.17) is 4.99 Å². The number of guanidine groups is 1. The van der Waals surface area contributed by atoms with Gasteiger partial charge in [0.15, 0.2) is 5.96 Å². The molecule has 1 amide bonds. The van der Waals surface area contributed by atoms with Gasteiger partial charge in [-0.25, -0.2) is 4.99 Å². The number of amides is 1. The SMILES string of the molecule is CC1CC(C)(C)CC2(C1)N=C(NC(C)(C)C)NC2=O. The highest BCUT2D eigenvalue weighted by atomic mass is 16.2. The summed E-state index contributed by atoms with van der Waals surface area (Å²) in [5.74, 6) is 1.24. The van der Waals surface area contributed by atoms with Gasteiger partial charge in [-0.1, -0.05) is 20.8 Å². The maximum Gasteiger partial charge on any atom is 0.254 e. The van der Waals surface area contributed by atoms with Crippen molar-refractivity contribution in [2.45, 2.75) is 71.9 Å². The summed E-state index contributed by atoms with van der Waals surface area (Å²) in [5, 5.41) is 6.21. The number of rotatable bonds is 0. The number of carbonyl (C=O) groups is 1. The molecule has 2 N–H and O–H groups in total. The molecule has 1 aliphatic carbocycles. The molecule has 0 bridgehead atoms. The summed E-state index contributed by atoms with van der Waals surface area (Å²) in [6, 6.07) is 0. The van der Waals surface area contributed by atoms with E-state index < -0.39 is 5.54 Å². The van der Waals surface area contributed by atoms with E-state index in [2.05, 4.69) is 52.2 Å². The van der Waals surface area contributed by atoms with E-state index in [9.17, 15) is 4.79 Å². The van der Waals surface area contributed by atoms with Crippen LogP contribution in [0.4, 0.5) is 0 Å². The number of hydrogen-bond acceptors (Lipinski definition) is 3. The molecule has 1 saturated carbocycles. The molecule has 0 aromatic heterocycles. The molecule has 1 fully saturated rings. The van der Waals surface area contributed by atoms with Crippen molar-refractivity contribution in [3.05, 3.63) is 0 Å². The van der Waals surface area contributed by atoms with Gasteiger partial charge in [0, 0.05) is 5.54 Å². The van der Waals surface area contributed by atoms with Crippen LogP contribution in [0, 0.1) is 11.3 Å². The number of nitrogens with zero attached hydrogens (tertiary/aromatic N) is 1. The van der Waals surface area contributed by atoms with Crippen LogP contribution in [-0.4, -0.2) is 22.9 Å². The Balaban J connectivity index is 2.25. The normalized spacial score (nSPS) is 34.1. The van der Waals surface area contributed by atoms with E-state index in [0.717, 1.165) is 12.8 Å². The molecule has 0 aromatic rings. The van der Waals surface area contributed by atoms with Gasteiger partial charge in [-0.15, -0.1) is 0 Å². The third-order valence-corrected chi connectivity index (χ3v) is 3.83. The summed E-state index contributed by atoms with van der Waals surface area (Å²) in [5.41, 5.74) is -0.460. The zero-order chi connectivity index (χ0) is 14.5. The molecule has 2 rings (SSSR count). The predicted octanol–water partition coefficient (Wildman–Crippen LogP) is 2.45. The fourth-order valence-corrected chi connectivity index (χ4v) is 3.72. The van der Waals surface area contributed by atoms with E-state index in [0.29, 0.717) is 11.9 Å². The van der Waals surface area contributed by atoms with Gasteiger partial charge in [0.2, 0.25) is 0 Å². The Morgan fingerprint density at radius 2 is 1.95 bits per heavy atom. The molecule has 4 heteroatoms. The smallest absolute Gasteiger partial charge is 0.254 e. The van der Waals surface area contributed by atoms with Crippen LogP contribution in [-0.2, 0) is 4.79 Å². The Morgan fingerprint density at radius 3 is 2.47 bits per heavy atom. The van der Waals surface area contributed by atoms with Gasteiger partial charge < -0.3 is 5.32 Å². The quantitative estimate of drug-likeness (QED) is 0.707. The molecule has 0 aromatic carbocycles. The fraction of sp³-hybridized carbons (Fsp3) is 0.867. The zero-order valence-electron chi connectivity index (χ0n) is 13.1. The summed E-state index contributed by atoms with van der Waals surface area (Å²) in [7, 11) is 0. The number of hydrogen-bond donors (Lipinski definition) is 2. The van der Waals surface area contributed by atoms with Gasteiger partial charge in [0.05, 0.1) is 0 Å². The van der Waals surface area contributed by atoms with Gasteiger partial charge >= 0.3 is 0 Å². The van der Waals surface area contributed by atoms with Crippen LogP contribution < -0.4 is 10.6 Å². The van der Waals surface area contributed by atoms with Gasteiger partial charge in [0.1, 0.15) is 5.54 Å². The van der Waals surface area contributed by atoms with Crippen LogP contribution >= 0.6 is 0 Å². The van der Waals surface area contributed by atoms with Crippen molar-refractivity contribution in [3.63, 3.8) is 0 Å². The standard InChI is InChI=1S/C15H27N3O/c1-10-7-14(5,6)9-15(8-10)11(19)16-12(18-15)17-13(2,3)4/h10H,7-9H2,1-6H3,(H2,16,17,18,19). The molecule has 1 spiro atoms. The molecule has 4 nitrogen and oxygen atoms in total. The van der Waals surface area contributed by atoms with Crippen LogP contribution in [0.25, 0.3) is 0 Å². The maximum atomic E-state index is 12.4. The lowest BCUT2D eigenvalue weighted by molar-refractivity contribution is -0.127. The van der Waals surface area contributed by atoms with Gasteiger partial charge in [-0.2, -0.15) is 0 Å². The van der Waals surface area contributed by atoms with Crippen LogP contribution in [0.2, 0.25) is 0 Å².